The lowest BCUT2D eigenvalue weighted by atomic mass is 10.2. The van der Waals surface area contributed by atoms with Gasteiger partial charge in [-0.05, 0) is 37.1 Å². The van der Waals surface area contributed by atoms with Crippen molar-refractivity contribution in [3.63, 3.8) is 0 Å². The van der Waals surface area contributed by atoms with Crippen LogP contribution in [0.3, 0.4) is 0 Å². The number of benzene rings is 2. The van der Waals surface area contributed by atoms with Crippen molar-refractivity contribution in [1.29, 1.82) is 0 Å². The van der Waals surface area contributed by atoms with Gasteiger partial charge in [-0.1, -0.05) is 54.6 Å². The van der Waals surface area contributed by atoms with Gasteiger partial charge in [-0.25, -0.2) is 0 Å². The molecule has 1 aliphatic heterocycles. The first kappa shape index (κ1) is 19.3. The van der Waals surface area contributed by atoms with E-state index < -0.39 is 0 Å². The van der Waals surface area contributed by atoms with Crippen LogP contribution in [-0.2, 0) is 4.79 Å². The van der Waals surface area contributed by atoms with Crippen LogP contribution in [0, 0.1) is 6.92 Å². The normalized spacial score (nSPS) is 17.1. The van der Waals surface area contributed by atoms with Crippen LogP contribution in [0.25, 0.3) is 6.08 Å². The smallest absolute Gasteiger partial charge is 0.241 e. The van der Waals surface area contributed by atoms with Crippen molar-refractivity contribution in [2.45, 2.75) is 19.9 Å². The molecule has 2 aromatic carbocycles. The predicted octanol–water partition coefficient (Wildman–Crippen LogP) is 3.65. The summed E-state index contributed by atoms with van der Waals surface area (Å²) in [7, 11) is 0. The Labute approximate surface area is 162 Å². The zero-order valence-corrected chi connectivity index (χ0v) is 16.3. The average Bonchev–Trinajstić information content (AvgIpc) is 2.69. The minimum Gasteiger partial charge on any atom is -0.325 e. The molecular weight excluding hydrogens is 334 g/mol. The van der Waals surface area contributed by atoms with Gasteiger partial charge in [0.1, 0.15) is 0 Å². The number of nitrogens with zero attached hydrogens (tertiary/aromatic N) is 2. The monoisotopic (exact) mass is 363 g/mol. The molecule has 1 heterocycles. The Kier molecular flexibility index (Phi) is 6.80. The number of rotatable bonds is 6. The highest BCUT2D eigenvalue weighted by molar-refractivity contribution is 5.94. The van der Waals surface area contributed by atoms with Gasteiger partial charge in [0.25, 0.3) is 0 Å². The third-order valence-electron chi connectivity index (χ3n) is 5.09. The van der Waals surface area contributed by atoms with Crippen LogP contribution >= 0.6 is 0 Å². The van der Waals surface area contributed by atoms with Gasteiger partial charge in [0, 0.05) is 38.4 Å². The van der Waals surface area contributed by atoms with Gasteiger partial charge in [0.15, 0.2) is 0 Å². The maximum absolute atomic E-state index is 12.6. The molecule has 0 aliphatic carbocycles. The lowest BCUT2D eigenvalue weighted by Crippen LogP contribution is -2.52. The lowest BCUT2D eigenvalue weighted by molar-refractivity contribution is -0.121. The molecule has 4 heteroatoms. The van der Waals surface area contributed by atoms with Crippen molar-refractivity contribution >= 4 is 17.7 Å². The average molecular weight is 364 g/mol. The topological polar surface area (TPSA) is 35.6 Å². The van der Waals surface area contributed by atoms with Crippen LogP contribution < -0.4 is 5.32 Å². The van der Waals surface area contributed by atoms with Crippen LogP contribution in [0.4, 0.5) is 5.69 Å². The zero-order valence-electron chi connectivity index (χ0n) is 16.3. The summed E-state index contributed by atoms with van der Waals surface area (Å²) in [6.45, 7) is 8.79. The first-order valence-electron chi connectivity index (χ1n) is 9.67. The minimum absolute atomic E-state index is 0.0676. The molecule has 2 aromatic rings. The zero-order chi connectivity index (χ0) is 19.1. The molecule has 27 heavy (non-hydrogen) atoms. The summed E-state index contributed by atoms with van der Waals surface area (Å²) >= 11 is 0. The van der Waals surface area contributed by atoms with Crippen molar-refractivity contribution in [2.75, 3.05) is 38.0 Å². The second-order valence-corrected chi connectivity index (χ2v) is 7.18. The van der Waals surface area contributed by atoms with E-state index in [-0.39, 0.29) is 11.9 Å². The first-order chi connectivity index (χ1) is 13.1. The molecule has 0 radical (unpaired) electrons. The molecule has 1 atom stereocenters. The van der Waals surface area contributed by atoms with Crippen LogP contribution in [0.1, 0.15) is 18.1 Å². The van der Waals surface area contributed by atoms with Crippen molar-refractivity contribution in [3.05, 3.63) is 71.8 Å². The Morgan fingerprint density at radius 2 is 1.81 bits per heavy atom. The SMILES string of the molecule is Cc1cccc(NC(=O)C(C)N2CCN(C/C=C/c3ccccc3)CC2)c1. The molecule has 1 fully saturated rings. The third-order valence-corrected chi connectivity index (χ3v) is 5.09. The Hall–Kier alpha value is -2.43. The second-order valence-electron chi connectivity index (χ2n) is 7.18. The quantitative estimate of drug-likeness (QED) is 0.851. The van der Waals surface area contributed by atoms with Crippen molar-refractivity contribution < 1.29 is 4.79 Å². The summed E-state index contributed by atoms with van der Waals surface area (Å²) in [6.07, 6.45) is 4.39. The number of carbonyl (C=O) groups excluding carboxylic acids is 1. The number of hydrogen-bond acceptors (Lipinski definition) is 3. The van der Waals surface area contributed by atoms with Crippen LogP contribution in [-0.4, -0.2) is 54.5 Å². The second kappa shape index (κ2) is 9.49. The van der Waals surface area contributed by atoms with E-state index in [4.69, 9.17) is 0 Å². The van der Waals surface area contributed by atoms with E-state index in [0.717, 1.165) is 44.0 Å². The van der Waals surface area contributed by atoms with Gasteiger partial charge in [-0.3, -0.25) is 14.6 Å². The molecule has 0 bridgehead atoms. The largest absolute Gasteiger partial charge is 0.325 e. The van der Waals surface area contributed by atoms with Crippen molar-refractivity contribution in [3.8, 4) is 0 Å². The summed E-state index contributed by atoms with van der Waals surface area (Å²) in [6, 6.07) is 18.2. The standard InChI is InChI=1S/C23H29N3O/c1-19-8-6-12-22(18-19)24-23(27)20(2)26-16-14-25(15-17-26)13-7-11-21-9-4-3-5-10-21/h3-12,18,20H,13-17H2,1-2H3,(H,24,27)/b11-7+. The molecule has 1 amide bonds. The fourth-order valence-corrected chi connectivity index (χ4v) is 3.37. The Balaban J connectivity index is 1.44. The molecule has 0 aromatic heterocycles. The number of nitrogens with one attached hydrogen (secondary N) is 1. The molecule has 3 rings (SSSR count). The molecule has 1 N–H and O–H groups in total. The predicted molar refractivity (Wildman–Crippen MR) is 113 cm³/mol. The maximum Gasteiger partial charge on any atom is 0.241 e. The summed E-state index contributed by atoms with van der Waals surface area (Å²) in [5.74, 6) is 0.0676. The first-order valence-corrected chi connectivity index (χ1v) is 9.67. The summed E-state index contributed by atoms with van der Waals surface area (Å²) in [5, 5.41) is 3.04. The molecule has 142 valence electrons. The van der Waals surface area contributed by atoms with E-state index in [1.165, 1.54) is 5.56 Å². The Morgan fingerprint density at radius 3 is 2.52 bits per heavy atom. The molecular formula is C23H29N3O. The minimum atomic E-state index is -0.118. The number of anilines is 1. The highest BCUT2D eigenvalue weighted by atomic mass is 16.2. The lowest BCUT2D eigenvalue weighted by Gasteiger charge is -2.37. The van der Waals surface area contributed by atoms with Gasteiger partial charge >= 0.3 is 0 Å². The summed E-state index contributed by atoms with van der Waals surface area (Å²) < 4.78 is 0. The van der Waals surface area contributed by atoms with Crippen LogP contribution in [0.2, 0.25) is 0 Å². The van der Waals surface area contributed by atoms with E-state index in [1.807, 2.05) is 44.2 Å². The Morgan fingerprint density at radius 1 is 1.07 bits per heavy atom. The summed E-state index contributed by atoms with van der Waals surface area (Å²) in [5.41, 5.74) is 3.26. The van der Waals surface area contributed by atoms with Crippen LogP contribution in [0.5, 0.6) is 0 Å². The molecule has 4 nitrogen and oxygen atoms in total. The number of hydrogen-bond donors (Lipinski definition) is 1. The molecule has 1 saturated heterocycles. The fourth-order valence-electron chi connectivity index (χ4n) is 3.37. The number of aryl methyl sites for hydroxylation is 1. The van der Waals surface area contributed by atoms with Crippen molar-refractivity contribution in [1.82, 2.24) is 9.80 Å². The third kappa shape index (κ3) is 5.78. The number of piperazine rings is 1. The van der Waals surface area contributed by atoms with E-state index in [9.17, 15) is 4.79 Å². The molecule has 0 saturated carbocycles. The molecule has 0 spiro atoms. The van der Waals surface area contributed by atoms with E-state index >= 15 is 0 Å². The fraction of sp³-hybridized carbons (Fsp3) is 0.348. The molecule has 1 aliphatic rings. The van der Waals surface area contributed by atoms with E-state index in [0.29, 0.717) is 0 Å². The number of carbonyl (C=O) groups is 1. The highest BCUT2D eigenvalue weighted by Gasteiger charge is 2.25. The highest BCUT2D eigenvalue weighted by Crippen LogP contribution is 2.13. The van der Waals surface area contributed by atoms with Gasteiger partial charge < -0.3 is 5.32 Å². The van der Waals surface area contributed by atoms with E-state index in [2.05, 4.69) is 51.5 Å². The summed E-state index contributed by atoms with van der Waals surface area (Å²) in [4.78, 5) is 17.3. The van der Waals surface area contributed by atoms with Gasteiger partial charge in [0.2, 0.25) is 5.91 Å². The van der Waals surface area contributed by atoms with Gasteiger partial charge in [-0.15, -0.1) is 0 Å². The van der Waals surface area contributed by atoms with Gasteiger partial charge in [0.05, 0.1) is 6.04 Å². The number of amides is 1. The van der Waals surface area contributed by atoms with Gasteiger partial charge in [-0.2, -0.15) is 0 Å². The van der Waals surface area contributed by atoms with E-state index in [1.54, 1.807) is 0 Å². The maximum atomic E-state index is 12.6. The Bertz CT molecular complexity index is 764. The molecule has 1 unspecified atom stereocenters. The van der Waals surface area contributed by atoms with Crippen LogP contribution in [0.15, 0.2) is 60.7 Å². The van der Waals surface area contributed by atoms with Crippen molar-refractivity contribution in [2.24, 2.45) is 0 Å².